The number of unbranched alkanes of at least 4 members (excludes halogenated alkanes) is 1. The molecule has 0 radical (unpaired) electrons. The molecule has 8 nitrogen and oxygen atoms in total. The van der Waals surface area contributed by atoms with Crippen molar-refractivity contribution >= 4 is 17.9 Å². The Morgan fingerprint density at radius 1 is 1.10 bits per heavy atom. The highest BCUT2D eigenvalue weighted by atomic mass is 16.6. The summed E-state index contributed by atoms with van der Waals surface area (Å²) >= 11 is 0. The summed E-state index contributed by atoms with van der Waals surface area (Å²) in [6.45, 7) is 9.03. The molecule has 0 saturated heterocycles. The number of nitrogens with one attached hydrogen (secondary N) is 2. The lowest BCUT2D eigenvalue weighted by molar-refractivity contribution is -0.140. The molecule has 0 aliphatic heterocycles. The Kier molecular flexibility index (Phi) is 11.0. The summed E-state index contributed by atoms with van der Waals surface area (Å²) in [5, 5.41) is 14.9. The van der Waals surface area contributed by atoms with Gasteiger partial charge in [0.25, 0.3) is 0 Å². The van der Waals surface area contributed by atoms with Crippen molar-refractivity contribution in [1.29, 1.82) is 0 Å². The van der Waals surface area contributed by atoms with Gasteiger partial charge in [0.15, 0.2) is 0 Å². The van der Waals surface area contributed by atoms with Crippen LogP contribution in [0.25, 0.3) is 0 Å². The Morgan fingerprint density at radius 3 is 2.26 bits per heavy atom. The second-order valence-electron chi connectivity index (χ2n) is 8.31. The summed E-state index contributed by atoms with van der Waals surface area (Å²) in [5.74, 6) is -0.813. The number of alkyl carbamates (subject to hydrolysis) is 1. The van der Waals surface area contributed by atoms with Crippen molar-refractivity contribution in [2.45, 2.75) is 65.5 Å². The van der Waals surface area contributed by atoms with Crippen LogP contribution >= 0.6 is 0 Å². The Morgan fingerprint density at radius 2 is 1.74 bits per heavy atom. The summed E-state index contributed by atoms with van der Waals surface area (Å²) in [7, 11) is 0. The summed E-state index contributed by atoms with van der Waals surface area (Å²) < 4.78 is 5.16. The maximum absolute atomic E-state index is 13.0. The number of aliphatic hydroxyl groups excluding tert-OH is 1. The van der Waals surface area contributed by atoms with E-state index in [4.69, 9.17) is 4.74 Å². The molecule has 0 aromatic heterocycles. The van der Waals surface area contributed by atoms with E-state index in [-0.39, 0.29) is 25.6 Å². The molecule has 1 unspecified atom stereocenters. The van der Waals surface area contributed by atoms with Crippen LogP contribution in [-0.2, 0) is 20.7 Å². The first-order chi connectivity index (χ1) is 14.6. The molecular weight excluding hydrogens is 398 g/mol. The van der Waals surface area contributed by atoms with Crippen molar-refractivity contribution in [2.24, 2.45) is 0 Å². The molecule has 0 saturated carbocycles. The number of hydrogen-bond acceptors (Lipinski definition) is 5. The Balaban J connectivity index is 3.08. The van der Waals surface area contributed by atoms with Gasteiger partial charge in [0, 0.05) is 13.1 Å². The van der Waals surface area contributed by atoms with Crippen LogP contribution in [0.4, 0.5) is 4.79 Å². The lowest BCUT2D eigenvalue weighted by atomic mass is 10.0. The predicted molar refractivity (Wildman–Crippen MR) is 120 cm³/mol. The van der Waals surface area contributed by atoms with Crippen molar-refractivity contribution in [3.8, 4) is 0 Å². The van der Waals surface area contributed by atoms with Gasteiger partial charge in [-0.25, -0.2) is 4.79 Å². The van der Waals surface area contributed by atoms with Crippen LogP contribution in [0.5, 0.6) is 0 Å². The summed E-state index contributed by atoms with van der Waals surface area (Å²) in [6.07, 6.45) is 1.88. The van der Waals surface area contributed by atoms with Crippen molar-refractivity contribution in [2.75, 3.05) is 26.2 Å². The number of hydrogen-bond donors (Lipinski definition) is 3. The van der Waals surface area contributed by atoms with Gasteiger partial charge in [-0.2, -0.15) is 0 Å². The number of carbonyl (C=O) groups excluding carboxylic acids is 3. The zero-order chi connectivity index (χ0) is 23.4. The standard InChI is InChI=1S/C23H37N3O5/c1-6-8-13-24-21(29)20(18-11-9-17(7-2)10-12-18)26(14-15-27)19(28)16-25-22(30)31-23(3,4)5/h9-12,20,27H,6-8,13-16H2,1-5H3,(H,24,29)(H,25,30). The molecule has 8 heteroatoms. The monoisotopic (exact) mass is 435 g/mol. The number of aryl methyl sites for hydroxylation is 1. The lowest BCUT2D eigenvalue weighted by Crippen LogP contribution is -2.48. The maximum Gasteiger partial charge on any atom is 0.408 e. The van der Waals surface area contributed by atoms with E-state index in [1.807, 2.05) is 38.1 Å². The highest BCUT2D eigenvalue weighted by Crippen LogP contribution is 2.22. The van der Waals surface area contributed by atoms with Gasteiger partial charge in [-0.15, -0.1) is 0 Å². The minimum atomic E-state index is -0.914. The van der Waals surface area contributed by atoms with Gasteiger partial charge in [-0.05, 0) is 44.7 Å². The number of ether oxygens (including phenoxy) is 1. The lowest BCUT2D eigenvalue weighted by Gasteiger charge is -2.31. The first-order valence-corrected chi connectivity index (χ1v) is 10.9. The molecule has 1 aromatic rings. The Labute approximate surface area is 185 Å². The Hall–Kier alpha value is -2.61. The van der Waals surface area contributed by atoms with Crippen LogP contribution in [-0.4, -0.2) is 59.8 Å². The SMILES string of the molecule is CCCCNC(=O)C(c1ccc(CC)cc1)N(CCO)C(=O)CNC(=O)OC(C)(C)C. The zero-order valence-corrected chi connectivity index (χ0v) is 19.4. The fourth-order valence-corrected chi connectivity index (χ4v) is 2.96. The fraction of sp³-hybridized carbons (Fsp3) is 0.609. The second-order valence-corrected chi connectivity index (χ2v) is 8.31. The minimum Gasteiger partial charge on any atom is -0.444 e. The third kappa shape index (κ3) is 9.38. The first-order valence-electron chi connectivity index (χ1n) is 10.9. The Bertz CT molecular complexity index is 713. The predicted octanol–water partition coefficient (Wildman–Crippen LogP) is 2.55. The minimum absolute atomic E-state index is 0.0454. The molecule has 0 heterocycles. The average molecular weight is 436 g/mol. The van der Waals surface area contributed by atoms with Crippen LogP contribution in [0, 0.1) is 0 Å². The van der Waals surface area contributed by atoms with Gasteiger partial charge in [-0.1, -0.05) is 44.5 Å². The van der Waals surface area contributed by atoms with Crippen LogP contribution in [0.2, 0.25) is 0 Å². The molecule has 174 valence electrons. The van der Waals surface area contributed by atoms with E-state index in [1.54, 1.807) is 20.8 Å². The highest BCUT2D eigenvalue weighted by molar-refractivity contribution is 5.90. The van der Waals surface area contributed by atoms with Crippen LogP contribution in [0.3, 0.4) is 0 Å². The molecule has 31 heavy (non-hydrogen) atoms. The molecule has 3 amide bonds. The van der Waals surface area contributed by atoms with E-state index < -0.39 is 23.6 Å². The van der Waals surface area contributed by atoms with Gasteiger partial charge < -0.3 is 25.4 Å². The second kappa shape index (κ2) is 12.9. The van der Waals surface area contributed by atoms with E-state index in [0.717, 1.165) is 24.8 Å². The smallest absolute Gasteiger partial charge is 0.408 e. The number of aliphatic hydroxyl groups is 1. The van der Waals surface area contributed by atoms with Gasteiger partial charge in [0.05, 0.1) is 6.61 Å². The van der Waals surface area contributed by atoms with Gasteiger partial charge in [-0.3, -0.25) is 9.59 Å². The van der Waals surface area contributed by atoms with Crippen LogP contribution in [0.15, 0.2) is 24.3 Å². The first kappa shape index (κ1) is 26.4. The number of rotatable bonds is 11. The van der Waals surface area contributed by atoms with E-state index in [0.29, 0.717) is 12.1 Å². The quantitative estimate of drug-likeness (QED) is 0.463. The van der Waals surface area contributed by atoms with E-state index in [9.17, 15) is 19.5 Å². The molecule has 0 aliphatic carbocycles. The zero-order valence-electron chi connectivity index (χ0n) is 19.4. The number of benzene rings is 1. The molecule has 1 aromatic carbocycles. The molecule has 0 spiro atoms. The van der Waals surface area contributed by atoms with E-state index >= 15 is 0 Å². The van der Waals surface area contributed by atoms with Crippen molar-refractivity contribution in [1.82, 2.24) is 15.5 Å². The molecule has 0 fully saturated rings. The molecule has 0 aliphatic rings. The fourth-order valence-electron chi connectivity index (χ4n) is 2.96. The molecular formula is C23H37N3O5. The largest absolute Gasteiger partial charge is 0.444 e. The van der Waals surface area contributed by atoms with Gasteiger partial charge in [0.1, 0.15) is 18.2 Å². The summed E-state index contributed by atoms with van der Waals surface area (Å²) in [4.78, 5) is 39.2. The number of nitrogens with zero attached hydrogens (tertiary/aromatic N) is 1. The van der Waals surface area contributed by atoms with Crippen LogP contribution in [0.1, 0.15) is 64.6 Å². The third-order valence-corrected chi connectivity index (χ3v) is 4.54. The normalized spacial score (nSPS) is 12.1. The number of carbonyl (C=O) groups is 3. The molecule has 1 atom stereocenters. The third-order valence-electron chi connectivity index (χ3n) is 4.54. The summed E-state index contributed by atoms with van der Waals surface area (Å²) in [5.41, 5.74) is 1.06. The molecule has 3 N–H and O–H groups in total. The summed E-state index contributed by atoms with van der Waals surface area (Å²) in [6, 6.07) is 6.57. The number of amides is 3. The molecule has 0 bridgehead atoms. The van der Waals surface area contributed by atoms with E-state index in [1.165, 1.54) is 4.90 Å². The van der Waals surface area contributed by atoms with Crippen LogP contribution < -0.4 is 10.6 Å². The van der Waals surface area contributed by atoms with E-state index in [2.05, 4.69) is 10.6 Å². The average Bonchev–Trinajstić information content (AvgIpc) is 2.71. The molecule has 1 rings (SSSR count). The topological polar surface area (TPSA) is 108 Å². The van der Waals surface area contributed by atoms with Gasteiger partial charge >= 0.3 is 6.09 Å². The highest BCUT2D eigenvalue weighted by Gasteiger charge is 2.31. The van der Waals surface area contributed by atoms with Crippen molar-refractivity contribution in [3.05, 3.63) is 35.4 Å². The van der Waals surface area contributed by atoms with Crippen molar-refractivity contribution < 1.29 is 24.2 Å². The van der Waals surface area contributed by atoms with Gasteiger partial charge in [0.2, 0.25) is 11.8 Å². The van der Waals surface area contributed by atoms with Crippen molar-refractivity contribution in [3.63, 3.8) is 0 Å². The maximum atomic E-state index is 13.0.